The third-order valence-electron chi connectivity index (χ3n) is 12.7. The molecule has 35 heavy (non-hydrogen) atoms. The quantitative estimate of drug-likeness (QED) is 0.402. The summed E-state index contributed by atoms with van der Waals surface area (Å²) in [6.07, 6.45) is 12.1. The van der Waals surface area contributed by atoms with Crippen LogP contribution < -0.4 is 0 Å². The number of alkyl halides is 3. The van der Waals surface area contributed by atoms with Gasteiger partial charge in [0.25, 0.3) is 0 Å². The summed E-state index contributed by atoms with van der Waals surface area (Å²) in [5.41, 5.74) is -2.17. The summed E-state index contributed by atoms with van der Waals surface area (Å²) in [6.45, 7) is 4.80. The maximum absolute atomic E-state index is 13.6. The molecule has 0 unspecified atom stereocenters. The molecule has 5 fully saturated rings. The molecule has 0 aromatic heterocycles. The number of rotatable bonds is 5. The molecule has 0 amide bonds. The van der Waals surface area contributed by atoms with Gasteiger partial charge in [-0.1, -0.05) is 39.5 Å². The fourth-order valence-electron chi connectivity index (χ4n) is 10.4. The van der Waals surface area contributed by atoms with Gasteiger partial charge in [0.15, 0.2) is 5.60 Å². The molecule has 5 rings (SSSR count). The van der Waals surface area contributed by atoms with Crippen molar-refractivity contribution in [3.8, 4) is 0 Å². The molecule has 5 heteroatoms. The zero-order chi connectivity index (χ0) is 25.1. The Morgan fingerprint density at radius 1 is 0.829 bits per heavy atom. The molecule has 0 saturated heterocycles. The second kappa shape index (κ2) is 9.47. The predicted octanol–water partition coefficient (Wildman–Crippen LogP) is 8.05. The Morgan fingerprint density at radius 3 is 2.26 bits per heavy atom. The fourth-order valence-corrected chi connectivity index (χ4v) is 10.4. The molecule has 5 aliphatic carbocycles. The van der Waals surface area contributed by atoms with Gasteiger partial charge >= 0.3 is 6.18 Å². The molecule has 9 atom stereocenters. The predicted molar refractivity (Wildman–Crippen MR) is 133 cm³/mol. The lowest BCUT2D eigenvalue weighted by Gasteiger charge is -2.62. The first kappa shape index (κ1) is 26.3. The van der Waals surface area contributed by atoms with Crippen molar-refractivity contribution in [1.29, 1.82) is 0 Å². The second-order valence-corrected chi connectivity index (χ2v) is 14.1. The van der Waals surface area contributed by atoms with E-state index >= 15 is 0 Å². The standard InChI is InChI=1S/C30H49F3O2/c1-27-16-15-25-23(13-11-22-19-29(35,30(31,32)33)18-17-28(22,25)2)24(27)14-12-21(27)9-6-10-26(34)20-7-4-3-5-8-20/h20-26,34-35H,3-19H2,1-2H3/t21-,22+,23+,24+,25+,26+,27-,28+,29+/m1/s1. The molecule has 0 heterocycles. The van der Waals surface area contributed by atoms with Crippen LogP contribution >= 0.6 is 0 Å². The van der Waals surface area contributed by atoms with Gasteiger partial charge < -0.3 is 10.2 Å². The lowest BCUT2D eigenvalue weighted by atomic mass is 9.43. The maximum atomic E-state index is 13.6. The lowest BCUT2D eigenvalue weighted by Crippen LogP contribution is -2.59. The smallest absolute Gasteiger partial charge is 0.393 e. The van der Waals surface area contributed by atoms with E-state index in [-0.39, 0.29) is 30.3 Å². The third kappa shape index (κ3) is 4.51. The Bertz CT molecular complexity index is 748. The van der Waals surface area contributed by atoms with Gasteiger partial charge in [0, 0.05) is 0 Å². The van der Waals surface area contributed by atoms with E-state index in [0.717, 1.165) is 38.0 Å². The van der Waals surface area contributed by atoms with Crippen molar-refractivity contribution in [2.75, 3.05) is 0 Å². The number of halogens is 3. The van der Waals surface area contributed by atoms with Crippen molar-refractivity contribution in [3.63, 3.8) is 0 Å². The minimum atomic E-state index is -4.51. The molecule has 0 aromatic carbocycles. The Kier molecular flexibility index (Phi) is 7.12. The van der Waals surface area contributed by atoms with Crippen LogP contribution in [0.3, 0.4) is 0 Å². The van der Waals surface area contributed by atoms with Crippen molar-refractivity contribution in [1.82, 2.24) is 0 Å². The normalized spacial score (nSPS) is 47.6. The summed E-state index contributed by atoms with van der Waals surface area (Å²) in [5.74, 6) is 3.11. The van der Waals surface area contributed by atoms with Crippen molar-refractivity contribution in [2.24, 2.45) is 46.3 Å². The Balaban J connectivity index is 1.20. The fraction of sp³-hybridized carbons (Fsp3) is 1.00. The molecule has 0 bridgehead atoms. The molecule has 202 valence electrons. The van der Waals surface area contributed by atoms with E-state index in [9.17, 15) is 23.4 Å². The van der Waals surface area contributed by atoms with Crippen molar-refractivity contribution >= 4 is 0 Å². The number of aliphatic hydroxyl groups excluding tert-OH is 1. The minimum absolute atomic E-state index is 0.00745. The van der Waals surface area contributed by atoms with Crippen LogP contribution in [0.15, 0.2) is 0 Å². The Morgan fingerprint density at radius 2 is 1.54 bits per heavy atom. The topological polar surface area (TPSA) is 40.5 Å². The minimum Gasteiger partial charge on any atom is -0.393 e. The molecule has 5 saturated carbocycles. The van der Waals surface area contributed by atoms with Crippen molar-refractivity contribution in [2.45, 2.75) is 141 Å². The highest BCUT2D eigenvalue weighted by molar-refractivity contribution is 5.11. The molecule has 0 aromatic rings. The average molecular weight is 499 g/mol. The first-order valence-corrected chi connectivity index (χ1v) is 15.0. The molecule has 0 spiro atoms. The van der Waals surface area contributed by atoms with E-state index in [1.165, 1.54) is 57.8 Å². The Hall–Kier alpha value is -0.290. The number of aliphatic hydroxyl groups is 2. The van der Waals surface area contributed by atoms with Gasteiger partial charge in [-0.3, -0.25) is 0 Å². The van der Waals surface area contributed by atoms with Crippen molar-refractivity contribution in [3.05, 3.63) is 0 Å². The number of fused-ring (bicyclic) bond motifs is 5. The van der Waals surface area contributed by atoms with Gasteiger partial charge in [0.1, 0.15) is 0 Å². The highest BCUT2D eigenvalue weighted by atomic mass is 19.4. The van der Waals surface area contributed by atoms with Crippen LogP contribution in [-0.4, -0.2) is 28.1 Å². The summed E-state index contributed by atoms with van der Waals surface area (Å²) in [7, 11) is 0. The molecule has 2 nitrogen and oxygen atoms in total. The zero-order valence-electron chi connectivity index (χ0n) is 22.1. The SMILES string of the molecule is C[C@]12CC[C@@](O)(C(F)(F)F)C[C@@H]1CC[C@@H]1[C@@H]2CC[C@]2(C)[C@H](CCC[C@H](O)C3CCCCC3)CC[C@@H]12. The van der Waals surface area contributed by atoms with Crippen LogP contribution in [0.1, 0.15) is 123 Å². The van der Waals surface area contributed by atoms with Crippen LogP contribution in [0.2, 0.25) is 0 Å². The summed E-state index contributed by atoms with van der Waals surface area (Å²) in [5, 5.41) is 21.2. The monoisotopic (exact) mass is 498 g/mol. The van der Waals surface area contributed by atoms with Crippen LogP contribution in [-0.2, 0) is 0 Å². The van der Waals surface area contributed by atoms with E-state index in [4.69, 9.17) is 0 Å². The van der Waals surface area contributed by atoms with Gasteiger partial charge in [0.2, 0.25) is 0 Å². The van der Waals surface area contributed by atoms with E-state index in [1.807, 2.05) is 0 Å². The van der Waals surface area contributed by atoms with E-state index < -0.39 is 11.8 Å². The number of hydrogen-bond donors (Lipinski definition) is 2. The maximum Gasteiger partial charge on any atom is 0.417 e. The molecular weight excluding hydrogens is 449 g/mol. The third-order valence-corrected chi connectivity index (χ3v) is 12.7. The summed E-state index contributed by atoms with van der Waals surface area (Å²) >= 11 is 0. The zero-order valence-corrected chi connectivity index (χ0v) is 22.1. The molecule has 5 aliphatic rings. The first-order valence-electron chi connectivity index (χ1n) is 15.0. The summed E-state index contributed by atoms with van der Waals surface area (Å²) in [6, 6.07) is 0. The molecule has 2 N–H and O–H groups in total. The van der Waals surface area contributed by atoms with E-state index in [0.29, 0.717) is 35.5 Å². The lowest BCUT2D eigenvalue weighted by molar-refractivity contribution is -0.290. The van der Waals surface area contributed by atoms with Gasteiger partial charge in [-0.25, -0.2) is 0 Å². The van der Waals surface area contributed by atoms with E-state index in [2.05, 4.69) is 13.8 Å². The summed E-state index contributed by atoms with van der Waals surface area (Å²) in [4.78, 5) is 0. The highest BCUT2D eigenvalue weighted by Crippen LogP contribution is 2.69. The number of hydrogen-bond acceptors (Lipinski definition) is 2. The van der Waals surface area contributed by atoms with Crippen LogP contribution in [0, 0.1) is 46.3 Å². The highest BCUT2D eigenvalue weighted by Gasteiger charge is 2.64. The van der Waals surface area contributed by atoms with Gasteiger partial charge in [-0.05, 0) is 130 Å². The molecular formula is C30H49F3O2. The van der Waals surface area contributed by atoms with Gasteiger partial charge in [0.05, 0.1) is 6.10 Å². The van der Waals surface area contributed by atoms with Gasteiger partial charge in [-0.15, -0.1) is 0 Å². The average Bonchev–Trinajstić information content (AvgIpc) is 3.16. The largest absolute Gasteiger partial charge is 0.417 e. The van der Waals surface area contributed by atoms with Gasteiger partial charge in [-0.2, -0.15) is 13.2 Å². The van der Waals surface area contributed by atoms with Crippen LogP contribution in [0.25, 0.3) is 0 Å². The van der Waals surface area contributed by atoms with Crippen molar-refractivity contribution < 1.29 is 23.4 Å². The molecule has 0 radical (unpaired) electrons. The summed E-state index contributed by atoms with van der Waals surface area (Å²) < 4.78 is 40.8. The van der Waals surface area contributed by atoms with Crippen LogP contribution in [0.4, 0.5) is 13.2 Å². The first-order chi connectivity index (χ1) is 16.5. The Labute approximate surface area is 210 Å². The second-order valence-electron chi connectivity index (χ2n) is 14.1. The molecule has 0 aliphatic heterocycles. The van der Waals surface area contributed by atoms with Crippen LogP contribution in [0.5, 0.6) is 0 Å². The van der Waals surface area contributed by atoms with E-state index in [1.54, 1.807) is 0 Å².